The van der Waals surface area contributed by atoms with Crippen molar-refractivity contribution in [3.8, 4) is 5.75 Å². The quantitative estimate of drug-likeness (QED) is 0.859. The summed E-state index contributed by atoms with van der Waals surface area (Å²) in [6, 6.07) is 2.69. The Balaban J connectivity index is 3.25. The zero-order chi connectivity index (χ0) is 11.4. The molecule has 0 atom stereocenters. The number of alkyl halides is 1. The Bertz CT molecular complexity index is 379. The van der Waals surface area contributed by atoms with Crippen molar-refractivity contribution in [3.05, 3.63) is 29.1 Å². The van der Waals surface area contributed by atoms with E-state index in [1.165, 1.54) is 19.2 Å². The predicted molar refractivity (Wildman–Crippen MR) is 56.9 cm³/mol. The summed E-state index contributed by atoms with van der Waals surface area (Å²) < 4.78 is 18.4. The summed E-state index contributed by atoms with van der Waals surface area (Å²) in [6.45, 7) is 0. The number of rotatable bonds is 4. The standard InChI is InChI=1S/C10H10BrFO3/c1-15-9-3-2-8(12)6(4-10(13)14)7(9)5-11/h2-3H,4-5H2,1H3,(H,13,14). The van der Waals surface area contributed by atoms with Gasteiger partial charge in [-0.2, -0.15) is 0 Å². The number of hydrogen-bond donors (Lipinski definition) is 1. The third kappa shape index (κ3) is 2.68. The lowest BCUT2D eigenvalue weighted by Gasteiger charge is -2.11. The number of aliphatic carboxylic acids is 1. The number of halogens is 2. The lowest BCUT2D eigenvalue weighted by atomic mass is 10.0. The van der Waals surface area contributed by atoms with Crippen LogP contribution in [-0.2, 0) is 16.5 Å². The van der Waals surface area contributed by atoms with Crippen LogP contribution in [0, 0.1) is 5.82 Å². The molecule has 15 heavy (non-hydrogen) atoms. The van der Waals surface area contributed by atoms with E-state index in [9.17, 15) is 9.18 Å². The van der Waals surface area contributed by atoms with Crippen molar-refractivity contribution >= 4 is 21.9 Å². The molecule has 0 aliphatic rings. The topological polar surface area (TPSA) is 46.5 Å². The Hall–Kier alpha value is -1.10. The van der Waals surface area contributed by atoms with Crippen molar-refractivity contribution in [2.75, 3.05) is 7.11 Å². The molecule has 0 fully saturated rings. The number of benzene rings is 1. The van der Waals surface area contributed by atoms with Crippen LogP contribution in [0.4, 0.5) is 4.39 Å². The van der Waals surface area contributed by atoms with Crippen LogP contribution in [0.15, 0.2) is 12.1 Å². The van der Waals surface area contributed by atoms with Gasteiger partial charge in [0.25, 0.3) is 0 Å². The normalized spacial score (nSPS) is 10.1. The van der Waals surface area contributed by atoms with Crippen LogP contribution < -0.4 is 4.74 Å². The van der Waals surface area contributed by atoms with E-state index in [1.54, 1.807) is 0 Å². The van der Waals surface area contributed by atoms with Crippen molar-refractivity contribution < 1.29 is 19.0 Å². The summed E-state index contributed by atoms with van der Waals surface area (Å²) in [7, 11) is 1.46. The fourth-order valence-electron chi connectivity index (χ4n) is 1.32. The summed E-state index contributed by atoms with van der Waals surface area (Å²) in [5.74, 6) is -1.10. The molecule has 1 N–H and O–H groups in total. The number of hydrogen-bond acceptors (Lipinski definition) is 2. The van der Waals surface area contributed by atoms with Gasteiger partial charge in [-0.3, -0.25) is 4.79 Å². The van der Waals surface area contributed by atoms with E-state index in [0.29, 0.717) is 16.6 Å². The molecule has 5 heteroatoms. The lowest BCUT2D eigenvalue weighted by molar-refractivity contribution is -0.136. The maximum atomic E-state index is 13.4. The molecule has 0 unspecified atom stereocenters. The highest BCUT2D eigenvalue weighted by molar-refractivity contribution is 9.08. The molecule has 0 aliphatic carbocycles. The summed E-state index contributed by atoms with van der Waals surface area (Å²) in [5.41, 5.74) is 0.707. The molecular formula is C10H10BrFO3. The summed E-state index contributed by atoms with van der Waals surface area (Å²) in [6.07, 6.45) is -0.343. The average Bonchev–Trinajstić information content (AvgIpc) is 2.20. The second-order valence-electron chi connectivity index (χ2n) is 2.91. The molecule has 0 bridgehead atoms. The van der Waals surface area contributed by atoms with E-state index >= 15 is 0 Å². The number of carboxylic acids is 1. The molecule has 0 aliphatic heterocycles. The molecule has 0 aromatic heterocycles. The fraction of sp³-hybridized carbons (Fsp3) is 0.300. The van der Waals surface area contributed by atoms with Crippen LogP contribution in [0.1, 0.15) is 11.1 Å². The van der Waals surface area contributed by atoms with Gasteiger partial charge in [0.15, 0.2) is 0 Å². The molecule has 82 valence electrons. The molecule has 1 aromatic carbocycles. The van der Waals surface area contributed by atoms with Crippen molar-refractivity contribution in [1.82, 2.24) is 0 Å². The highest BCUT2D eigenvalue weighted by Crippen LogP contribution is 2.27. The van der Waals surface area contributed by atoms with E-state index in [0.717, 1.165) is 0 Å². The molecule has 0 heterocycles. The van der Waals surface area contributed by atoms with Crippen LogP contribution in [0.2, 0.25) is 0 Å². The van der Waals surface area contributed by atoms with Gasteiger partial charge < -0.3 is 9.84 Å². The molecule has 0 saturated heterocycles. The van der Waals surface area contributed by atoms with Gasteiger partial charge in [-0.1, -0.05) is 15.9 Å². The minimum Gasteiger partial charge on any atom is -0.496 e. The fourth-order valence-corrected chi connectivity index (χ4v) is 1.94. The molecule has 0 saturated carbocycles. The van der Waals surface area contributed by atoms with Crippen LogP contribution in [-0.4, -0.2) is 18.2 Å². The average molecular weight is 277 g/mol. The van der Waals surface area contributed by atoms with E-state index in [2.05, 4.69) is 15.9 Å². The Morgan fingerprint density at radius 2 is 2.20 bits per heavy atom. The molecule has 0 amide bonds. The Morgan fingerprint density at radius 1 is 1.53 bits per heavy atom. The second-order valence-corrected chi connectivity index (χ2v) is 3.47. The second kappa shape index (κ2) is 5.11. The van der Waals surface area contributed by atoms with Gasteiger partial charge in [-0.15, -0.1) is 0 Å². The molecule has 0 spiro atoms. The monoisotopic (exact) mass is 276 g/mol. The third-order valence-corrected chi connectivity index (χ3v) is 2.57. The first kappa shape index (κ1) is 12.0. The summed E-state index contributed by atoms with van der Waals surface area (Å²) in [4.78, 5) is 10.6. The summed E-state index contributed by atoms with van der Waals surface area (Å²) in [5, 5.41) is 9.01. The Labute approximate surface area is 95.0 Å². The SMILES string of the molecule is COc1ccc(F)c(CC(=O)O)c1CBr. The van der Waals surface area contributed by atoms with Gasteiger partial charge in [-0.25, -0.2) is 4.39 Å². The smallest absolute Gasteiger partial charge is 0.307 e. The number of carbonyl (C=O) groups is 1. The zero-order valence-corrected chi connectivity index (χ0v) is 9.67. The number of ether oxygens (including phenoxy) is 1. The first-order chi connectivity index (χ1) is 7.10. The van der Waals surface area contributed by atoms with Crippen LogP contribution >= 0.6 is 15.9 Å². The van der Waals surface area contributed by atoms with Gasteiger partial charge >= 0.3 is 5.97 Å². The first-order valence-corrected chi connectivity index (χ1v) is 5.34. The van der Waals surface area contributed by atoms with Crippen molar-refractivity contribution in [2.45, 2.75) is 11.8 Å². The van der Waals surface area contributed by atoms with Crippen LogP contribution in [0.3, 0.4) is 0 Å². The predicted octanol–water partition coefficient (Wildman–Crippen LogP) is 2.36. The molecular weight excluding hydrogens is 267 g/mol. The third-order valence-electron chi connectivity index (χ3n) is 2.01. The van der Waals surface area contributed by atoms with Crippen LogP contribution in [0.25, 0.3) is 0 Å². The molecule has 1 rings (SSSR count). The highest BCUT2D eigenvalue weighted by atomic mass is 79.9. The van der Waals surface area contributed by atoms with Crippen LogP contribution in [0.5, 0.6) is 5.75 Å². The van der Waals surface area contributed by atoms with Gasteiger partial charge in [0, 0.05) is 16.5 Å². The van der Waals surface area contributed by atoms with E-state index in [1.807, 2.05) is 0 Å². The van der Waals surface area contributed by atoms with E-state index in [4.69, 9.17) is 9.84 Å². The number of methoxy groups -OCH3 is 1. The first-order valence-electron chi connectivity index (χ1n) is 4.22. The van der Waals surface area contributed by atoms with E-state index < -0.39 is 11.8 Å². The Morgan fingerprint density at radius 3 is 2.67 bits per heavy atom. The van der Waals surface area contributed by atoms with Gasteiger partial charge in [0.1, 0.15) is 11.6 Å². The molecule has 1 aromatic rings. The van der Waals surface area contributed by atoms with Crippen molar-refractivity contribution in [2.24, 2.45) is 0 Å². The summed E-state index contributed by atoms with van der Waals surface area (Å²) >= 11 is 3.18. The van der Waals surface area contributed by atoms with Gasteiger partial charge in [-0.05, 0) is 12.1 Å². The van der Waals surface area contributed by atoms with Crippen molar-refractivity contribution in [3.63, 3.8) is 0 Å². The van der Waals surface area contributed by atoms with Gasteiger partial charge in [0.2, 0.25) is 0 Å². The lowest BCUT2D eigenvalue weighted by Crippen LogP contribution is -2.07. The largest absolute Gasteiger partial charge is 0.496 e. The van der Waals surface area contributed by atoms with Crippen molar-refractivity contribution in [1.29, 1.82) is 0 Å². The molecule has 0 radical (unpaired) electrons. The number of carboxylic acid groups (broad SMARTS) is 1. The highest BCUT2D eigenvalue weighted by Gasteiger charge is 2.15. The maximum Gasteiger partial charge on any atom is 0.307 e. The van der Waals surface area contributed by atoms with Gasteiger partial charge in [0.05, 0.1) is 13.5 Å². The maximum absolute atomic E-state index is 13.4. The molecule has 3 nitrogen and oxygen atoms in total. The Kier molecular flexibility index (Phi) is 4.08. The van der Waals surface area contributed by atoms with E-state index in [-0.39, 0.29) is 12.0 Å². The minimum atomic E-state index is -1.07. The zero-order valence-electron chi connectivity index (χ0n) is 8.09. The minimum absolute atomic E-state index is 0.165.